The molecular formula is C26H31F2N3O3. The maximum atomic E-state index is 14.0. The number of nitrogens with zero attached hydrogens (tertiary/aromatic N) is 3. The van der Waals surface area contributed by atoms with Gasteiger partial charge in [0.25, 0.3) is 5.91 Å². The largest absolute Gasteiger partial charge is 0.497 e. The lowest BCUT2D eigenvalue weighted by Crippen LogP contribution is -2.52. The lowest BCUT2D eigenvalue weighted by atomic mass is 9.94. The number of amides is 2. The third-order valence-electron chi connectivity index (χ3n) is 6.85. The summed E-state index contributed by atoms with van der Waals surface area (Å²) in [5.74, 6) is -1.13. The summed E-state index contributed by atoms with van der Waals surface area (Å²) in [6, 6.07) is 11.1. The predicted molar refractivity (Wildman–Crippen MR) is 125 cm³/mol. The summed E-state index contributed by atoms with van der Waals surface area (Å²) in [6.45, 7) is 4.87. The van der Waals surface area contributed by atoms with E-state index < -0.39 is 17.5 Å². The van der Waals surface area contributed by atoms with Crippen molar-refractivity contribution in [1.29, 1.82) is 0 Å². The topological polar surface area (TPSA) is 53.1 Å². The van der Waals surface area contributed by atoms with Gasteiger partial charge in [0.15, 0.2) is 0 Å². The van der Waals surface area contributed by atoms with Crippen LogP contribution in [-0.2, 0) is 11.2 Å². The Morgan fingerprint density at radius 3 is 2.21 bits per heavy atom. The van der Waals surface area contributed by atoms with Crippen molar-refractivity contribution in [2.45, 2.75) is 19.3 Å². The Hall–Kier alpha value is -3.00. The highest BCUT2D eigenvalue weighted by Crippen LogP contribution is 2.23. The molecule has 6 nitrogen and oxygen atoms in total. The molecule has 2 fully saturated rings. The molecule has 0 radical (unpaired) electrons. The molecule has 8 heteroatoms. The number of carbonyl (C=O) groups is 2. The van der Waals surface area contributed by atoms with Gasteiger partial charge in [-0.25, -0.2) is 8.78 Å². The first kappa shape index (κ1) is 24.1. The smallest absolute Gasteiger partial charge is 0.256 e. The summed E-state index contributed by atoms with van der Waals surface area (Å²) in [6.07, 6.45) is 2.08. The Balaban J connectivity index is 1.20. The molecule has 0 saturated carbocycles. The fourth-order valence-corrected chi connectivity index (χ4v) is 4.69. The Kier molecular flexibility index (Phi) is 7.77. The van der Waals surface area contributed by atoms with Gasteiger partial charge >= 0.3 is 0 Å². The van der Waals surface area contributed by atoms with Gasteiger partial charge in [0.2, 0.25) is 5.91 Å². The number of hydrogen-bond acceptors (Lipinski definition) is 4. The van der Waals surface area contributed by atoms with Gasteiger partial charge in [-0.2, -0.15) is 0 Å². The van der Waals surface area contributed by atoms with Gasteiger partial charge in [0, 0.05) is 57.8 Å². The van der Waals surface area contributed by atoms with Gasteiger partial charge in [0.1, 0.15) is 17.4 Å². The molecule has 0 N–H and O–H groups in total. The molecule has 0 aromatic heterocycles. The van der Waals surface area contributed by atoms with E-state index in [2.05, 4.69) is 17.0 Å². The molecule has 182 valence electrons. The molecule has 34 heavy (non-hydrogen) atoms. The van der Waals surface area contributed by atoms with Crippen LogP contribution >= 0.6 is 0 Å². The van der Waals surface area contributed by atoms with Gasteiger partial charge in [-0.05, 0) is 49.1 Å². The minimum atomic E-state index is -0.854. The van der Waals surface area contributed by atoms with Crippen LogP contribution in [0.25, 0.3) is 0 Å². The molecule has 2 heterocycles. The molecule has 2 aromatic rings. The first-order valence-electron chi connectivity index (χ1n) is 11.8. The van der Waals surface area contributed by atoms with E-state index in [1.807, 2.05) is 17.0 Å². The number of piperidine rings is 1. The van der Waals surface area contributed by atoms with E-state index in [0.29, 0.717) is 39.0 Å². The van der Waals surface area contributed by atoms with Crippen LogP contribution < -0.4 is 4.74 Å². The van der Waals surface area contributed by atoms with E-state index in [0.717, 1.165) is 43.9 Å². The highest BCUT2D eigenvalue weighted by molar-refractivity contribution is 5.94. The lowest BCUT2D eigenvalue weighted by molar-refractivity contribution is -0.138. The summed E-state index contributed by atoms with van der Waals surface area (Å²) in [7, 11) is 1.66. The van der Waals surface area contributed by atoms with E-state index >= 15 is 0 Å². The molecule has 4 rings (SSSR count). The van der Waals surface area contributed by atoms with Crippen molar-refractivity contribution in [3.63, 3.8) is 0 Å². The van der Waals surface area contributed by atoms with Gasteiger partial charge in [-0.1, -0.05) is 12.1 Å². The Bertz CT molecular complexity index is 999. The molecule has 2 saturated heterocycles. The Morgan fingerprint density at radius 2 is 1.59 bits per heavy atom. The number of piperazine rings is 1. The fraction of sp³-hybridized carbons (Fsp3) is 0.462. The number of likely N-dealkylation sites (tertiary alicyclic amines) is 1. The number of halogens is 2. The van der Waals surface area contributed by atoms with Crippen molar-refractivity contribution >= 4 is 11.8 Å². The number of ether oxygens (including phenoxy) is 1. The Morgan fingerprint density at radius 1 is 0.912 bits per heavy atom. The average molecular weight is 472 g/mol. The summed E-state index contributed by atoms with van der Waals surface area (Å²) < 4.78 is 32.3. The summed E-state index contributed by atoms with van der Waals surface area (Å²) in [5.41, 5.74) is 1.14. The quantitative estimate of drug-likeness (QED) is 0.649. The first-order valence-corrected chi connectivity index (χ1v) is 11.8. The third-order valence-corrected chi connectivity index (χ3v) is 6.85. The van der Waals surface area contributed by atoms with Crippen LogP contribution in [0.3, 0.4) is 0 Å². The van der Waals surface area contributed by atoms with Crippen molar-refractivity contribution in [3.05, 3.63) is 65.2 Å². The van der Waals surface area contributed by atoms with Crippen LogP contribution in [0.5, 0.6) is 5.75 Å². The van der Waals surface area contributed by atoms with Gasteiger partial charge in [0.05, 0.1) is 12.7 Å². The minimum Gasteiger partial charge on any atom is -0.497 e. The van der Waals surface area contributed by atoms with Gasteiger partial charge in [-0.3, -0.25) is 14.5 Å². The molecule has 2 amide bonds. The van der Waals surface area contributed by atoms with Crippen molar-refractivity contribution in [2.24, 2.45) is 5.92 Å². The molecule has 0 bridgehead atoms. The van der Waals surface area contributed by atoms with E-state index in [1.54, 1.807) is 12.0 Å². The maximum absolute atomic E-state index is 14.0. The van der Waals surface area contributed by atoms with Crippen molar-refractivity contribution in [2.75, 3.05) is 52.9 Å². The van der Waals surface area contributed by atoms with Gasteiger partial charge < -0.3 is 14.5 Å². The van der Waals surface area contributed by atoms with Crippen molar-refractivity contribution in [1.82, 2.24) is 14.7 Å². The molecule has 0 spiro atoms. The second kappa shape index (κ2) is 11.0. The van der Waals surface area contributed by atoms with Crippen LogP contribution in [0.2, 0.25) is 0 Å². The zero-order chi connectivity index (χ0) is 24.1. The summed E-state index contributed by atoms with van der Waals surface area (Å²) in [4.78, 5) is 31.5. The van der Waals surface area contributed by atoms with Crippen LogP contribution in [0.1, 0.15) is 28.8 Å². The zero-order valence-electron chi connectivity index (χ0n) is 19.5. The predicted octanol–water partition coefficient (Wildman–Crippen LogP) is 3.21. The van der Waals surface area contributed by atoms with Crippen molar-refractivity contribution in [3.8, 4) is 5.75 Å². The normalized spacial score (nSPS) is 17.6. The zero-order valence-corrected chi connectivity index (χ0v) is 19.5. The number of hydrogen-bond donors (Lipinski definition) is 0. The summed E-state index contributed by atoms with van der Waals surface area (Å²) in [5, 5.41) is 0. The van der Waals surface area contributed by atoms with E-state index in [-0.39, 0.29) is 17.4 Å². The second-order valence-corrected chi connectivity index (χ2v) is 8.96. The van der Waals surface area contributed by atoms with Crippen molar-refractivity contribution < 1.29 is 23.1 Å². The fourth-order valence-electron chi connectivity index (χ4n) is 4.69. The highest BCUT2D eigenvalue weighted by atomic mass is 19.1. The van der Waals surface area contributed by atoms with Crippen LogP contribution in [0, 0.1) is 17.6 Å². The molecule has 2 aliphatic heterocycles. The molecule has 2 aromatic carbocycles. The first-order chi connectivity index (χ1) is 16.4. The number of benzene rings is 2. The average Bonchev–Trinajstić information content (AvgIpc) is 2.87. The third kappa shape index (κ3) is 5.73. The molecule has 0 unspecified atom stereocenters. The standard InChI is InChI=1S/C26H31F2N3O3/c1-34-22-5-2-19(3-6-22)8-11-29-14-16-31(17-15-29)25(32)20-9-12-30(13-10-20)26(33)23-7-4-21(27)18-24(23)28/h2-7,18,20H,8-17H2,1H3. The van der Waals surface area contributed by atoms with Crippen LogP contribution in [-0.4, -0.2) is 79.4 Å². The molecule has 2 aliphatic rings. The SMILES string of the molecule is COc1ccc(CCN2CCN(C(=O)C3CCN(C(=O)c4ccc(F)cc4F)CC3)CC2)cc1. The monoisotopic (exact) mass is 471 g/mol. The number of carbonyl (C=O) groups excluding carboxylic acids is 2. The molecule has 0 aliphatic carbocycles. The lowest BCUT2D eigenvalue weighted by Gasteiger charge is -2.38. The number of methoxy groups -OCH3 is 1. The summed E-state index contributed by atoms with van der Waals surface area (Å²) >= 11 is 0. The van der Waals surface area contributed by atoms with Crippen LogP contribution in [0.15, 0.2) is 42.5 Å². The molecular weight excluding hydrogens is 440 g/mol. The van der Waals surface area contributed by atoms with E-state index in [4.69, 9.17) is 4.74 Å². The maximum Gasteiger partial charge on any atom is 0.256 e. The number of rotatable bonds is 6. The van der Waals surface area contributed by atoms with E-state index in [9.17, 15) is 18.4 Å². The van der Waals surface area contributed by atoms with Gasteiger partial charge in [-0.15, -0.1) is 0 Å². The highest BCUT2D eigenvalue weighted by Gasteiger charge is 2.32. The Labute approximate surface area is 199 Å². The minimum absolute atomic E-state index is 0.118. The van der Waals surface area contributed by atoms with E-state index in [1.165, 1.54) is 11.6 Å². The second-order valence-electron chi connectivity index (χ2n) is 8.96. The molecule has 0 atom stereocenters. The van der Waals surface area contributed by atoms with Crippen LogP contribution in [0.4, 0.5) is 8.78 Å².